The molecule has 2 nitrogen and oxygen atoms in total. The molecule has 0 amide bonds. The molecular weight excluding hydrogens is 272 g/mol. The van der Waals surface area contributed by atoms with Crippen LogP contribution in [0.2, 0.25) is 19.6 Å². The third-order valence-corrected chi connectivity index (χ3v) is 3.52. The molecule has 0 saturated carbocycles. The Morgan fingerprint density at radius 1 is 1.00 bits per heavy atom. The average Bonchev–Trinajstić information content (AvgIpc) is 2.46. The molecule has 0 radical (unpaired) electrons. The first-order valence-electron chi connectivity index (χ1n) is 7.00. The van der Waals surface area contributed by atoms with Gasteiger partial charge in [0, 0.05) is 5.56 Å². The molecule has 0 aromatic heterocycles. The normalized spacial score (nSPS) is 11.0. The topological polar surface area (TPSA) is 24.4 Å². The van der Waals surface area contributed by atoms with E-state index in [0.717, 1.165) is 16.8 Å². The highest BCUT2D eigenvalue weighted by Crippen LogP contribution is 2.06. The Labute approximate surface area is 127 Å². The minimum absolute atomic E-state index is 0.975. The second kappa shape index (κ2) is 6.92. The van der Waals surface area contributed by atoms with E-state index in [2.05, 4.69) is 47.7 Å². The number of rotatable bonds is 3. The van der Waals surface area contributed by atoms with Crippen LogP contribution in [0.3, 0.4) is 0 Å². The first-order valence-corrected chi connectivity index (χ1v) is 10.5. The van der Waals surface area contributed by atoms with Gasteiger partial charge >= 0.3 is 0 Å². The Morgan fingerprint density at radius 2 is 1.76 bits per heavy atom. The molecule has 2 aromatic carbocycles. The van der Waals surface area contributed by atoms with E-state index >= 15 is 0 Å². The summed E-state index contributed by atoms with van der Waals surface area (Å²) in [6.45, 7) is 6.74. The van der Waals surface area contributed by atoms with Crippen LogP contribution in [0.1, 0.15) is 11.1 Å². The molecule has 0 heterocycles. The molecular formula is C18H20N2Si. The number of para-hydroxylation sites is 1. The third-order valence-electron chi connectivity index (χ3n) is 2.65. The fourth-order valence-electron chi connectivity index (χ4n) is 1.65. The number of hydrogen-bond donors (Lipinski definition) is 1. The maximum atomic E-state index is 4.25. The monoisotopic (exact) mass is 292 g/mol. The van der Waals surface area contributed by atoms with Crippen LogP contribution in [0, 0.1) is 11.5 Å². The van der Waals surface area contributed by atoms with E-state index in [1.165, 1.54) is 0 Å². The minimum atomic E-state index is -1.33. The van der Waals surface area contributed by atoms with Gasteiger partial charge in [-0.25, -0.2) is 0 Å². The standard InChI is InChI=1S/C18H20N2Si/c1-21(2,3)13-12-16-8-7-9-17(14-16)15-19-20-18-10-5-4-6-11-18/h4-11,14-15,20H,1-3H3. The Morgan fingerprint density at radius 3 is 2.48 bits per heavy atom. The maximum absolute atomic E-state index is 4.25. The van der Waals surface area contributed by atoms with Gasteiger partial charge in [0.2, 0.25) is 0 Å². The first kappa shape index (κ1) is 15.1. The molecule has 0 aliphatic rings. The number of hydrogen-bond acceptors (Lipinski definition) is 2. The molecule has 1 N–H and O–H groups in total. The lowest BCUT2D eigenvalue weighted by Crippen LogP contribution is -2.16. The van der Waals surface area contributed by atoms with Gasteiger partial charge in [0.25, 0.3) is 0 Å². The van der Waals surface area contributed by atoms with Crippen LogP contribution >= 0.6 is 0 Å². The van der Waals surface area contributed by atoms with Gasteiger partial charge in [0.1, 0.15) is 8.07 Å². The quantitative estimate of drug-likeness (QED) is 0.386. The van der Waals surface area contributed by atoms with Crippen molar-refractivity contribution >= 4 is 20.0 Å². The molecule has 0 unspecified atom stereocenters. The second-order valence-corrected chi connectivity index (χ2v) is 10.6. The van der Waals surface area contributed by atoms with E-state index in [4.69, 9.17) is 0 Å². The first-order chi connectivity index (χ1) is 10.0. The van der Waals surface area contributed by atoms with E-state index in [0.29, 0.717) is 0 Å². The van der Waals surface area contributed by atoms with E-state index in [1.54, 1.807) is 0 Å². The lowest BCUT2D eigenvalue weighted by Gasteiger charge is -2.03. The van der Waals surface area contributed by atoms with Crippen molar-refractivity contribution in [1.29, 1.82) is 0 Å². The van der Waals surface area contributed by atoms with Crippen molar-refractivity contribution in [2.45, 2.75) is 19.6 Å². The molecule has 0 atom stereocenters. The summed E-state index contributed by atoms with van der Waals surface area (Å²) < 4.78 is 0. The number of nitrogens with zero attached hydrogens (tertiary/aromatic N) is 1. The van der Waals surface area contributed by atoms with Gasteiger partial charge in [-0.15, -0.1) is 5.54 Å². The molecule has 21 heavy (non-hydrogen) atoms. The van der Waals surface area contributed by atoms with Gasteiger partial charge in [-0.3, -0.25) is 5.43 Å². The van der Waals surface area contributed by atoms with E-state index in [1.807, 2.05) is 54.7 Å². The smallest absolute Gasteiger partial charge is 0.129 e. The summed E-state index contributed by atoms with van der Waals surface area (Å²) in [4.78, 5) is 0. The van der Waals surface area contributed by atoms with Crippen LogP contribution in [0.4, 0.5) is 5.69 Å². The summed E-state index contributed by atoms with van der Waals surface area (Å²) in [6, 6.07) is 18.0. The lowest BCUT2D eigenvalue weighted by molar-refractivity contribution is 1.35. The number of anilines is 1. The van der Waals surface area contributed by atoms with Crippen molar-refractivity contribution < 1.29 is 0 Å². The zero-order valence-corrected chi connectivity index (χ0v) is 13.7. The van der Waals surface area contributed by atoms with Crippen LogP contribution in [0.15, 0.2) is 59.7 Å². The van der Waals surface area contributed by atoms with Gasteiger partial charge in [-0.05, 0) is 29.8 Å². The SMILES string of the molecule is C[Si](C)(C)C#Cc1cccc(C=NNc2ccccc2)c1. The van der Waals surface area contributed by atoms with Crippen molar-refractivity contribution in [3.8, 4) is 11.5 Å². The van der Waals surface area contributed by atoms with Crippen molar-refractivity contribution in [2.24, 2.45) is 5.10 Å². The Hall–Kier alpha value is -2.31. The molecule has 0 spiro atoms. The van der Waals surface area contributed by atoms with Crippen molar-refractivity contribution in [2.75, 3.05) is 5.43 Å². The van der Waals surface area contributed by atoms with E-state index in [9.17, 15) is 0 Å². The Bertz CT molecular complexity index is 674. The van der Waals surface area contributed by atoms with Gasteiger partial charge in [-0.1, -0.05) is 55.9 Å². The molecule has 0 aliphatic carbocycles. The summed E-state index contributed by atoms with van der Waals surface area (Å²) in [7, 11) is -1.33. The van der Waals surface area contributed by atoms with Gasteiger partial charge in [0.15, 0.2) is 0 Å². The highest BCUT2D eigenvalue weighted by atomic mass is 28.3. The molecule has 0 bridgehead atoms. The van der Waals surface area contributed by atoms with E-state index in [-0.39, 0.29) is 0 Å². The highest BCUT2D eigenvalue weighted by molar-refractivity contribution is 6.83. The van der Waals surface area contributed by atoms with Crippen molar-refractivity contribution in [3.05, 3.63) is 65.7 Å². The lowest BCUT2D eigenvalue weighted by atomic mass is 10.1. The summed E-state index contributed by atoms with van der Waals surface area (Å²) in [5, 5.41) is 4.25. The fourth-order valence-corrected chi connectivity index (χ4v) is 2.17. The van der Waals surface area contributed by atoms with Crippen LogP contribution in [-0.4, -0.2) is 14.3 Å². The average molecular weight is 292 g/mol. The van der Waals surface area contributed by atoms with Gasteiger partial charge < -0.3 is 0 Å². The predicted octanol–water partition coefficient (Wildman–Crippen LogP) is 4.36. The number of benzene rings is 2. The Kier molecular flexibility index (Phi) is 4.97. The molecule has 0 aliphatic heterocycles. The molecule has 2 aromatic rings. The molecule has 0 fully saturated rings. The summed E-state index contributed by atoms with van der Waals surface area (Å²) >= 11 is 0. The second-order valence-electron chi connectivity index (χ2n) is 5.86. The van der Waals surface area contributed by atoms with Crippen LogP contribution < -0.4 is 5.43 Å². The molecule has 2 rings (SSSR count). The predicted molar refractivity (Wildman–Crippen MR) is 94.3 cm³/mol. The maximum Gasteiger partial charge on any atom is 0.129 e. The van der Waals surface area contributed by atoms with Crippen molar-refractivity contribution in [1.82, 2.24) is 0 Å². The zero-order valence-electron chi connectivity index (χ0n) is 12.7. The molecule has 3 heteroatoms. The molecule has 0 saturated heterocycles. The summed E-state index contributed by atoms with van der Waals surface area (Å²) in [6.07, 6.45) is 1.81. The minimum Gasteiger partial charge on any atom is -0.279 e. The third kappa shape index (κ3) is 5.68. The Balaban J connectivity index is 2.05. The summed E-state index contributed by atoms with van der Waals surface area (Å²) in [5.74, 6) is 3.26. The van der Waals surface area contributed by atoms with Gasteiger partial charge in [0.05, 0.1) is 11.9 Å². The summed E-state index contributed by atoms with van der Waals surface area (Å²) in [5.41, 5.74) is 9.45. The van der Waals surface area contributed by atoms with Crippen molar-refractivity contribution in [3.63, 3.8) is 0 Å². The fraction of sp³-hybridized carbons (Fsp3) is 0.167. The van der Waals surface area contributed by atoms with Gasteiger partial charge in [-0.2, -0.15) is 5.10 Å². The van der Waals surface area contributed by atoms with Crippen LogP contribution in [0.5, 0.6) is 0 Å². The largest absolute Gasteiger partial charge is 0.279 e. The highest BCUT2D eigenvalue weighted by Gasteiger charge is 2.07. The number of hydrazone groups is 1. The van der Waals surface area contributed by atoms with Crippen LogP contribution in [-0.2, 0) is 0 Å². The number of nitrogens with one attached hydrogen (secondary N) is 1. The molecule has 106 valence electrons. The zero-order chi connectivity index (χ0) is 15.1. The van der Waals surface area contributed by atoms with E-state index < -0.39 is 8.07 Å². The van der Waals surface area contributed by atoms with Crippen LogP contribution in [0.25, 0.3) is 0 Å².